The molecule has 0 atom stereocenters. The van der Waals surface area contributed by atoms with E-state index in [9.17, 15) is 9.90 Å². The molecule has 2 N–H and O–H groups in total. The van der Waals surface area contributed by atoms with Crippen molar-refractivity contribution in [1.29, 1.82) is 0 Å². The number of thiophene rings is 1. The lowest BCUT2D eigenvalue weighted by atomic mass is 9.87. The van der Waals surface area contributed by atoms with E-state index in [4.69, 9.17) is 4.42 Å². The molecule has 0 saturated heterocycles. The van der Waals surface area contributed by atoms with Crippen LogP contribution in [0.1, 0.15) is 47.3 Å². The Morgan fingerprint density at radius 2 is 1.93 bits per heavy atom. The van der Waals surface area contributed by atoms with Gasteiger partial charge in [0.2, 0.25) is 0 Å². The van der Waals surface area contributed by atoms with Crippen molar-refractivity contribution in [2.45, 2.75) is 40.0 Å². The summed E-state index contributed by atoms with van der Waals surface area (Å²) in [5, 5.41) is 14.0. The first kappa shape index (κ1) is 20.1. The molecule has 6 nitrogen and oxygen atoms in total. The minimum atomic E-state index is -0.282. The van der Waals surface area contributed by atoms with Crippen LogP contribution in [0.5, 0.6) is 5.75 Å². The monoisotopic (exact) mass is 421 g/mol. The van der Waals surface area contributed by atoms with E-state index in [2.05, 4.69) is 36.1 Å². The number of amides is 1. The van der Waals surface area contributed by atoms with Crippen LogP contribution in [0.4, 0.5) is 5.69 Å². The van der Waals surface area contributed by atoms with Gasteiger partial charge in [0.05, 0.1) is 22.5 Å². The molecule has 4 aromatic rings. The fourth-order valence-corrected chi connectivity index (χ4v) is 4.48. The lowest BCUT2D eigenvalue weighted by Crippen LogP contribution is -2.14. The van der Waals surface area contributed by atoms with Gasteiger partial charge in [-0.3, -0.25) is 4.79 Å². The largest absolute Gasteiger partial charge is 0.506 e. The zero-order valence-corrected chi connectivity index (χ0v) is 18.3. The van der Waals surface area contributed by atoms with E-state index in [0.29, 0.717) is 22.1 Å². The van der Waals surface area contributed by atoms with Crippen LogP contribution in [0.15, 0.2) is 41.0 Å². The van der Waals surface area contributed by atoms with Crippen molar-refractivity contribution in [3.05, 3.63) is 58.3 Å². The Balaban J connectivity index is 1.72. The van der Waals surface area contributed by atoms with Crippen molar-refractivity contribution < 1.29 is 14.3 Å². The van der Waals surface area contributed by atoms with Gasteiger partial charge in [-0.25, -0.2) is 9.97 Å². The average molecular weight is 422 g/mol. The maximum absolute atomic E-state index is 13.1. The highest BCUT2D eigenvalue weighted by Crippen LogP contribution is 2.35. The van der Waals surface area contributed by atoms with Gasteiger partial charge in [0.15, 0.2) is 11.6 Å². The first-order chi connectivity index (χ1) is 14.1. The fraction of sp³-hybridized carbons (Fsp3) is 0.261. The SMILES string of the molecule is Cc1nc(-c2ccco2)nc2sc(C(=O)Nc3cc(C(C)(C)C)ccc3O)c(C)c12. The highest BCUT2D eigenvalue weighted by atomic mass is 32.1. The molecule has 0 fully saturated rings. The number of benzene rings is 1. The third kappa shape index (κ3) is 3.57. The summed E-state index contributed by atoms with van der Waals surface area (Å²) in [6.45, 7) is 10.0. The van der Waals surface area contributed by atoms with Gasteiger partial charge < -0.3 is 14.8 Å². The maximum Gasteiger partial charge on any atom is 0.266 e. The number of aromatic hydroxyl groups is 1. The average Bonchev–Trinajstić information content (AvgIpc) is 3.31. The van der Waals surface area contributed by atoms with Gasteiger partial charge in [0.1, 0.15) is 10.6 Å². The number of aryl methyl sites for hydroxylation is 2. The summed E-state index contributed by atoms with van der Waals surface area (Å²) in [5.41, 5.74) is 2.92. The van der Waals surface area contributed by atoms with Gasteiger partial charge >= 0.3 is 0 Å². The van der Waals surface area contributed by atoms with Gasteiger partial charge in [-0.1, -0.05) is 26.8 Å². The molecule has 0 radical (unpaired) electrons. The lowest BCUT2D eigenvalue weighted by Gasteiger charge is -2.20. The molecule has 0 aliphatic heterocycles. The van der Waals surface area contributed by atoms with Gasteiger partial charge in [0.25, 0.3) is 5.91 Å². The summed E-state index contributed by atoms with van der Waals surface area (Å²) in [6.07, 6.45) is 1.58. The van der Waals surface area contributed by atoms with Gasteiger partial charge in [0, 0.05) is 5.39 Å². The van der Waals surface area contributed by atoms with Crippen molar-refractivity contribution in [2.75, 3.05) is 5.32 Å². The summed E-state index contributed by atoms with van der Waals surface area (Å²) in [6, 6.07) is 8.88. The van der Waals surface area contributed by atoms with Crippen LogP contribution in [-0.2, 0) is 5.41 Å². The molecule has 1 aromatic carbocycles. The molecule has 4 rings (SSSR count). The molecular formula is C23H23N3O3S. The predicted octanol–water partition coefficient (Wildman–Crippen LogP) is 5.82. The molecule has 7 heteroatoms. The first-order valence-electron chi connectivity index (χ1n) is 9.61. The highest BCUT2D eigenvalue weighted by Gasteiger charge is 2.22. The second-order valence-electron chi connectivity index (χ2n) is 8.28. The second-order valence-corrected chi connectivity index (χ2v) is 9.28. The zero-order valence-electron chi connectivity index (χ0n) is 17.5. The molecule has 1 amide bonds. The minimum absolute atomic E-state index is 0.0335. The predicted molar refractivity (Wildman–Crippen MR) is 119 cm³/mol. The molecule has 3 aromatic heterocycles. The van der Waals surface area contributed by atoms with Crippen LogP contribution in [-0.4, -0.2) is 21.0 Å². The Morgan fingerprint density at radius 3 is 2.60 bits per heavy atom. The Morgan fingerprint density at radius 1 is 1.17 bits per heavy atom. The molecular weight excluding hydrogens is 398 g/mol. The summed E-state index contributed by atoms with van der Waals surface area (Å²) >= 11 is 1.31. The number of phenolic OH excluding ortho intramolecular Hbond substituents is 1. The van der Waals surface area contributed by atoms with E-state index >= 15 is 0 Å². The number of rotatable bonds is 3. The maximum atomic E-state index is 13.1. The van der Waals surface area contributed by atoms with Gasteiger partial charge in [-0.2, -0.15) is 0 Å². The molecule has 0 aliphatic carbocycles. The molecule has 0 aliphatic rings. The summed E-state index contributed by atoms with van der Waals surface area (Å²) in [7, 11) is 0. The minimum Gasteiger partial charge on any atom is -0.506 e. The van der Waals surface area contributed by atoms with Gasteiger partial charge in [-0.15, -0.1) is 11.3 Å². The Kier molecular flexibility index (Phi) is 4.86. The number of nitrogens with one attached hydrogen (secondary N) is 1. The topological polar surface area (TPSA) is 88.2 Å². The number of aromatic nitrogens is 2. The number of anilines is 1. The van der Waals surface area contributed by atoms with Crippen molar-refractivity contribution in [1.82, 2.24) is 9.97 Å². The number of furan rings is 1. The number of carbonyl (C=O) groups excluding carboxylic acids is 1. The summed E-state index contributed by atoms with van der Waals surface area (Å²) < 4.78 is 5.41. The Bertz CT molecular complexity index is 1250. The second kappa shape index (κ2) is 7.25. The number of phenols is 1. The number of carbonyl (C=O) groups is 1. The molecule has 3 heterocycles. The lowest BCUT2D eigenvalue weighted by molar-refractivity contribution is 0.102. The summed E-state index contributed by atoms with van der Waals surface area (Å²) in [4.78, 5) is 23.5. The van der Waals surface area contributed by atoms with Crippen LogP contribution in [0, 0.1) is 13.8 Å². The normalized spacial score (nSPS) is 11.8. The van der Waals surface area contributed by atoms with Crippen LogP contribution in [0.2, 0.25) is 0 Å². The van der Waals surface area contributed by atoms with E-state index in [1.54, 1.807) is 24.5 Å². The van der Waals surface area contributed by atoms with Crippen molar-refractivity contribution in [2.24, 2.45) is 0 Å². The van der Waals surface area contributed by atoms with Crippen molar-refractivity contribution in [3.63, 3.8) is 0 Å². The third-order valence-electron chi connectivity index (χ3n) is 5.03. The van der Waals surface area contributed by atoms with E-state index in [1.807, 2.05) is 26.0 Å². The van der Waals surface area contributed by atoms with E-state index < -0.39 is 0 Å². The van der Waals surface area contributed by atoms with Crippen molar-refractivity contribution in [3.8, 4) is 17.3 Å². The standard InChI is InChI=1S/C23H23N3O3S/c1-12-18-13(2)24-20(17-7-6-10-29-17)26-22(18)30-19(12)21(28)25-15-11-14(23(3,4)5)8-9-16(15)27/h6-11,27H,1-5H3,(H,25,28). The number of hydrogen-bond acceptors (Lipinski definition) is 6. The molecule has 154 valence electrons. The zero-order chi connectivity index (χ0) is 21.6. The Hall–Kier alpha value is -3.19. The highest BCUT2D eigenvalue weighted by molar-refractivity contribution is 7.20. The number of nitrogens with zero attached hydrogens (tertiary/aromatic N) is 2. The molecule has 0 spiro atoms. The number of hydrogen-bond donors (Lipinski definition) is 2. The van der Waals surface area contributed by atoms with Crippen LogP contribution < -0.4 is 5.32 Å². The number of fused-ring (bicyclic) bond motifs is 1. The Labute approximate surface area is 178 Å². The van der Waals surface area contributed by atoms with Crippen molar-refractivity contribution >= 4 is 33.1 Å². The molecule has 0 unspecified atom stereocenters. The third-order valence-corrected chi connectivity index (χ3v) is 6.21. The van der Waals surface area contributed by atoms with E-state index in [-0.39, 0.29) is 17.1 Å². The quantitative estimate of drug-likeness (QED) is 0.407. The van der Waals surface area contributed by atoms with Crippen LogP contribution >= 0.6 is 11.3 Å². The van der Waals surface area contributed by atoms with Crippen LogP contribution in [0.3, 0.4) is 0 Å². The summed E-state index contributed by atoms with van der Waals surface area (Å²) in [5.74, 6) is 0.830. The molecule has 30 heavy (non-hydrogen) atoms. The van der Waals surface area contributed by atoms with Gasteiger partial charge in [-0.05, 0) is 54.7 Å². The molecule has 0 saturated carbocycles. The van der Waals surface area contributed by atoms with Crippen LogP contribution in [0.25, 0.3) is 21.8 Å². The smallest absolute Gasteiger partial charge is 0.266 e. The van der Waals surface area contributed by atoms with E-state index in [0.717, 1.165) is 27.0 Å². The fourth-order valence-electron chi connectivity index (χ4n) is 3.35. The first-order valence-corrected chi connectivity index (χ1v) is 10.4. The van der Waals surface area contributed by atoms with E-state index in [1.165, 1.54) is 11.3 Å². The molecule has 0 bridgehead atoms.